The van der Waals surface area contributed by atoms with Gasteiger partial charge in [-0.05, 0) is 89.6 Å². The van der Waals surface area contributed by atoms with Crippen LogP contribution in [0.4, 0.5) is 11.4 Å². The van der Waals surface area contributed by atoms with Gasteiger partial charge in [0.25, 0.3) is 11.8 Å². The molecule has 0 fully saturated rings. The number of benzene rings is 2. The van der Waals surface area contributed by atoms with Crippen molar-refractivity contribution in [1.29, 1.82) is 0 Å². The normalized spacial score (nSPS) is 15.3. The molecule has 0 N–H and O–H groups in total. The van der Waals surface area contributed by atoms with Crippen LogP contribution in [0.15, 0.2) is 64.3 Å². The third-order valence-electron chi connectivity index (χ3n) is 7.77. The molecular formula is C34H50N8O7S2. The highest BCUT2D eigenvalue weighted by Crippen LogP contribution is 2.23. The molecule has 0 saturated heterocycles. The molecule has 2 aliphatic heterocycles. The summed E-state index contributed by atoms with van der Waals surface area (Å²) < 4.78 is 50.1. The Labute approximate surface area is 302 Å². The SMILES string of the molecule is CC1=NN(S(=O)(=O)N(C)C)C(=O)C1.CCN(CC)c1ccc(/C=C2\C(=O)N(S(=O)(=O)N(C)C)N=C2C)cc1.CCN(CC)c1ccc(C=O)cc1. The minimum atomic E-state index is -3.93. The van der Waals surface area contributed by atoms with E-state index in [4.69, 9.17) is 0 Å². The van der Waals surface area contributed by atoms with Gasteiger partial charge in [-0.3, -0.25) is 14.4 Å². The summed E-state index contributed by atoms with van der Waals surface area (Å²) in [5, 5.41) is 7.54. The number of amides is 2. The second kappa shape index (κ2) is 18.7. The summed E-state index contributed by atoms with van der Waals surface area (Å²) >= 11 is 0. The third kappa shape index (κ3) is 10.8. The second-order valence-electron chi connectivity index (χ2n) is 11.7. The Balaban J connectivity index is 0.000000292. The van der Waals surface area contributed by atoms with Crippen molar-refractivity contribution in [1.82, 2.24) is 17.4 Å². The number of nitrogens with zero attached hydrogens (tertiary/aromatic N) is 8. The molecule has 0 radical (unpaired) electrons. The van der Waals surface area contributed by atoms with Gasteiger partial charge in [-0.25, -0.2) is 0 Å². The van der Waals surface area contributed by atoms with E-state index < -0.39 is 32.2 Å². The lowest BCUT2D eigenvalue weighted by atomic mass is 10.1. The van der Waals surface area contributed by atoms with Crippen LogP contribution in [0.25, 0.3) is 6.08 Å². The highest BCUT2D eigenvalue weighted by molar-refractivity contribution is 7.87. The van der Waals surface area contributed by atoms with Gasteiger partial charge in [-0.2, -0.15) is 35.6 Å². The molecule has 0 unspecified atom stereocenters. The molecule has 0 aromatic heterocycles. The Morgan fingerprint density at radius 1 is 0.667 bits per heavy atom. The zero-order valence-electron chi connectivity index (χ0n) is 31.1. The summed E-state index contributed by atoms with van der Waals surface area (Å²) in [4.78, 5) is 38.5. The van der Waals surface area contributed by atoms with Gasteiger partial charge in [0.15, 0.2) is 0 Å². The largest absolute Gasteiger partial charge is 0.372 e. The zero-order valence-corrected chi connectivity index (χ0v) is 32.7. The van der Waals surface area contributed by atoms with Crippen LogP contribution in [-0.4, -0.2) is 118 Å². The van der Waals surface area contributed by atoms with Gasteiger partial charge in [-0.1, -0.05) is 12.1 Å². The first-order valence-electron chi connectivity index (χ1n) is 16.4. The summed E-state index contributed by atoms with van der Waals surface area (Å²) in [6.07, 6.45) is 2.61. The van der Waals surface area contributed by atoms with E-state index in [1.807, 2.05) is 48.5 Å². The van der Waals surface area contributed by atoms with Gasteiger partial charge in [-0.15, -0.1) is 8.83 Å². The van der Waals surface area contributed by atoms with Crippen LogP contribution in [0, 0.1) is 0 Å². The molecular weight excluding hydrogens is 697 g/mol. The van der Waals surface area contributed by atoms with Gasteiger partial charge in [0.2, 0.25) is 0 Å². The monoisotopic (exact) mass is 746 g/mol. The smallest absolute Gasteiger partial charge is 0.325 e. The summed E-state index contributed by atoms with van der Waals surface area (Å²) in [6.45, 7) is 15.5. The third-order valence-corrected chi connectivity index (χ3v) is 11.0. The molecule has 2 aromatic carbocycles. The van der Waals surface area contributed by atoms with Crippen LogP contribution in [0.2, 0.25) is 0 Å². The topological polar surface area (TPSA) is 164 Å². The predicted octanol–water partition coefficient (Wildman–Crippen LogP) is 3.69. The van der Waals surface area contributed by atoms with Crippen molar-refractivity contribution in [2.45, 2.75) is 48.0 Å². The van der Waals surface area contributed by atoms with Crippen LogP contribution in [0.5, 0.6) is 0 Å². The maximum absolute atomic E-state index is 12.5. The van der Waals surface area contributed by atoms with Gasteiger partial charge in [0.05, 0.1) is 17.7 Å². The van der Waals surface area contributed by atoms with E-state index in [1.54, 1.807) is 19.9 Å². The predicted molar refractivity (Wildman–Crippen MR) is 203 cm³/mol. The maximum Gasteiger partial charge on any atom is 0.325 e. The lowest BCUT2D eigenvalue weighted by Gasteiger charge is -2.20. The summed E-state index contributed by atoms with van der Waals surface area (Å²) in [5.41, 5.74) is 5.00. The van der Waals surface area contributed by atoms with Gasteiger partial charge < -0.3 is 9.80 Å². The Morgan fingerprint density at radius 2 is 1.08 bits per heavy atom. The molecule has 0 spiro atoms. The van der Waals surface area contributed by atoms with Crippen LogP contribution in [0.1, 0.15) is 63.9 Å². The molecule has 17 heteroatoms. The van der Waals surface area contributed by atoms with Gasteiger partial charge >= 0.3 is 20.4 Å². The summed E-state index contributed by atoms with van der Waals surface area (Å²) in [7, 11) is -2.23. The van der Waals surface area contributed by atoms with Crippen molar-refractivity contribution in [3.05, 3.63) is 65.2 Å². The van der Waals surface area contributed by atoms with E-state index in [-0.39, 0.29) is 12.0 Å². The number of carbonyl (C=O) groups excluding carboxylic acids is 3. The molecule has 0 atom stereocenters. The van der Waals surface area contributed by atoms with Crippen LogP contribution >= 0.6 is 0 Å². The molecule has 2 heterocycles. The molecule has 2 aromatic rings. The van der Waals surface area contributed by atoms with Gasteiger partial charge in [0.1, 0.15) is 6.29 Å². The highest BCUT2D eigenvalue weighted by atomic mass is 32.2. The standard InChI is InChI=1S/C17H24N4O3S.C11H15NO.C6H11N3O3S/c1-6-20(7-2)15-10-8-14(9-11-15)12-16-13(3)18-21(17(16)22)25(23,24)19(4)5;1-3-12(4-2)11-7-5-10(9-13)6-8-11;1-5-4-6(10)9(7-5)13(11,12)8(2)3/h8-12H,6-7H2,1-5H3;5-9H,3-4H2,1-2H3;4H2,1-3H3/b16-12-;;. The molecule has 2 amide bonds. The Hall–Kier alpha value is -4.45. The Morgan fingerprint density at radius 3 is 1.43 bits per heavy atom. The van der Waals surface area contributed by atoms with Crippen molar-refractivity contribution in [3.63, 3.8) is 0 Å². The van der Waals surface area contributed by atoms with Gasteiger partial charge in [0, 0.05) is 77.0 Å². The Bertz CT molecular complexity index is 1830. The first-order chi connectivity index (χ1) is 23.9. The van der Waals surface area contributed by atoms with Crippen molar-refractivity contribution in [3.8, 4) is 0 Å². The first-order valence-corrected chi connectivity index (χ1v) is 19.2. The molecule has 280 valence electrons. The second-order valence-corrected chi connectivity index (χ2v) is 15.6. The van der Waals surface area contributed by atoms with Crippen LogP contribution < -0.4 is 9.80 Å². The summed E-state index contributed by atoms with van der Waals surface area (Å²) in [5.74, 6) is -1.15. The first kappa shape index (κ1) is 42.7. The van der Waals surface area contributed by atoms with E-state index >= 15 is 0 Å². The quantitative estimate of drug-likeness (QED) is 0.233. The number of hydrogen-bond donors (Lipinski definition) is 0. The molecule has 0 bridgehead atoms. The Kier molecular flexibility index (Phi) is 15.7. The average molecular weight is 747 g/mol. The molecule has 51 heavy (non-hydrogen) atoms. The average Bonchev–Trinajstić information content (AvgIpc) is 3.60. The van der Waals surface area contributed by atoms with Crippen molar-refractivity contribution < 1.29 is 31.2 Å². The number of carbonyl (C=O) groups is 3. The van der Waals surface area contributed by atoms with E-state index in [0.717, 1.165) is 57.9 Å². The summed E-state index contributed by atoms with van der Waals surface area (Å²) in [6, 6.07) is 15.4. The fraction of sp³-hybridized carbons (Fsp3) is 0.441. The van der Waals surface area contributed by atoms with E-state index in [0.29, 0.717) is 20.3 Å². The molecule has 4 rings (SSSR count). The molecule has 0 saturated carbocycles. The van der Waals surface area contributed by atoms with Crippen LogP contribution in [-0.2, 0) is 30.0 Å². The number of rotatable bonds is 12. The van der Waals surface area contributed by atoms with Crippen LogP contribution in [0.3, 0.4) is 0 Å². The zero-order chi connectivity index (χ0) is 38.7. The van der Waals surface area contributed by atoms with E-state index in [1.165, 1.54) is 33.9 Å². The molecule has 2 aliphatic rings. The number of aldehydes is 1. The number of hydrogen-bond acceptors (Lipinski definition) is 11. The van der Waals surface area contributed by atoms with E-state index in [2.05, 4.69) is 47.7 Å². The number of hydrazone groups is 2. The lowest BCUT2D eigenvalue weighted by molar-refractivity contribution is -0.124. The minimum Gasteiger partial charge on any atom is -0.372 e. The van der Waals surface area contributed by atoms with Crippen molar-refractivity contribution in [2.24, 2.45) is 10.2 Å². The van der Waals surface area contributed by atoms with Crippen molar-refractivity contribution >= 4 is 67.4 Å². The molecule has 0 aliphatic carbocycles. The van der Waals surface area contributed by atoms with E-state index in [9.17, 15) is 31.2 Å². The minimum absolute atomic E-state index is 0.0765. The maximum atomic E-state index is 12.5. The number of anilines is 2. The fourth-order valence-electron chi connectivity index (χ4n) is 4.73. The highest BCUT2D eigenvalue weighted by Gasteiger charge is 2.38. The lowest BCUT2D eigenvalue weighted by Crippen LogP contribution is -2.38. The molecule has 15 nitrogen and oxygen atoms in total. The van der Waals surface area contributed by atoms with Crippen molar-refractivity contribution in [2.75, 3.05) is 64.2 Å². The fourth-order valence-corrected chi connectivity index (χ4v) is 6.44.